The van der Waals surface area contributed by atoms with Gasteiger partial charge in [-0.15, -0.1) is 0 Å². The maximum absolute atomic E-state index is 6.27. The summed E-state index contributed by atoms with van der Waals surface area (Å²) in [6.45, 7) is 0.275. The van der Waals surface area contributed by atoms with Crippen molar-refractivity contribution in [2.45, 2.75) is 6.61 Å². The first-order valence-corrected chi connectivity index (χ1v) is 11.5. The van der Waals surface area contributed by atoms with Crippen molar-refractivity contribution in [3.63, 3.8) is 0 Å². The average Bonchev–Trinajstić information content (AvgIpc) is 2.95. The minimum atomic E-state index is 0.275. The Bertz CT molecular complexity index is 1740. The Kier molecular flexibility index (Phi) is 5.71. The van der Waals surface area contributed by atoms with Crippen LogP contribution in [0.15, 0.2) is 104 Å². The first-order valence-electron chi connectivity index (χ1n) is 11.5. The molecule has 0 atom stereocenters. The molecule has 6 heteroatoms. The Labute approximate surface area is 207 Å². The second kappa shape index (κ2) is 9.61. The Hall–Kier alpha value is -5.15. The zero-order chi connectivity index (χ0) is 24.2. The average molecular weight is 466 g/mol. The largest absolute Gasteiger partial charge is 0.471 e. The maximum atomic E-state index is 6.27. The molecule has 6 rings (SSSR count). The van der Waals surface area contributed by atoms with E-state index in [4.69, 9.17) is 9.72 Å². The van der Waals surface area contributed by atoms with E-state index in [9.17, 15) is 0 Å². The van der Waals surface area contributed by atoms with Gasteiger partial charge < -0.3 is 4.74 Å². The zero-order valence-electron chi connectivity index (χ0n) is 19.2. The molecule has 0 amide bonds. The summed E-state index contributed by atoms with van der Waals surface area (Å²) in [6, 6.07) is 27.4. The van der Waals surface area contributed by atoms with Crippen molar-refractivity contribution in [1.82, 2.24) is 24.9 Å². The number of rotatable bonds is 4. The van der Waals surface area contributed by atoms with E-state index in [1.165, 1.54) is 0 Å². The van der Waals surface area contributed by atoms with Gasteiger partial charge in [0.25, 0.3) is 0 Å². The molecule has 0 spiro atoms. The third kappa shape index (κ3) is 4.46. The van der Waals surface area contributed by atoms with Gasteiger partial charge in [0.1, 0.15) is 12.1 Å². The van der Waals surface area contributed by atoms with Crippen LogP contribution < -0.4 is 4.74 Å². The first-order chi connectivity index (χ1) is 17.8. The van der Waals surface area contributed by atoms with Gasteiger partial charge in [-0.25, -0.2) is 19.9 Å². The summed E-state index contributed by atoms with van der Waals surface area (Å²) in [7, 11) is 0. The summed E-state index contributed by atoms with van der Waals surface area (Å²) in [6.07, 6.45) is 5.25. The Balaban J connectivity index is 1.40. The van der Waals surface area contributed by atoms with E-state index in [1.807, 2.05) is 84.9 Å². The SMILES string of the molecule is C(#Cc1nc2ncccc2nc1OCc1cc(-c2cccnc2)nc2ccccc12)c1ccccc1. The van der Waals surface area contributed by atoms with E-state index >= 15 is 0 Å². The standard InChI is InChI=1S/C30H19N5O/c1-2-8-21(9-3-1)14-15-27-30(35-26-13-7-17-32-29(26)34-27)36-20-23-18-28(22-10-6-16-31-19-22)33-25-12-5-4-11-24(23)25/h1-13,16-19H,20H2. The lowest BCUT2D eigenvalue weighted by Gasteiger charge is -2.12. The molecule has 0 saturated heterocycles. The number of ether oxygens (including phenoxy) is 1. The molecule has 4 aromatic heterocycles. The molecule has 36 heavy (non-hydrogen) atoms. The highest BCUT2D eigenvalue weighted by Gasteiger charge is 2.13. The number of nitrogens with zero attached hydrogens (tertiary/aromatic N) is 5. The van der Waals surface area contributed by atoms with Gasteiger partial charge in [-0.1, -0.05) is 42.3 Å². The van der Waals surface area contributed by atoms with Crippen LogP contribution in [0.4, 0.5) is 0 Å². The number of pyridine rings is 3. The lowest BCUT2D eigenvalue weighted by atomic mass is 10.1. The molecule has 0 N–H and O–H groups in total. The van der Waals surface area contributed by atoms with Crippen LogP contribution in [0.1, 0.15) is 16.8 Å². The number of hydrogen-bond donors (Lipinski definition) is 0. The van der Waals surface area contributed by atoms with Crippen LogP contribution in [0.5, 0.6) is 5.88 Å². The molecule has 6 nitrogen and oxygen atoms in total. The van der Waals surface area contributed by atoms with Crippen LogP contribution in [0, 0.1) is 11.8 Å². The molecule has 4 heterocycles. The fraction of sp³-hybridized carbons (Fsp3) is 0.0333. The van der Waals surface area contributed by atoms with E-state index in [0.29, 0.717) is 22.7 Å². The van der Waals surface area contributed by atoms with Crippen molar-refractivity contribution in [2.24, 2.45) is 0 Å². The molecule has 0 bridgehead atoms. The summed E-state index contributed by atoms with van der Waals surface area (Å²) < 4.78 is 6.27. The number of fused-ring (bicyclic) bond motifs is 2. The summed E-state index contributed by atoms with van der Waals surface area (Å²) in [5, 5.41) is 1.01. The second-order valence-electron chi connectivity index (χ2n) is 8.05. The predicted octanol–water partition coefficient (Wildman–Crippen LogP) is 5.61. The molecule has 0 aliphatic rings. The molecular formula is C30H19N5O. The quantitative estimate of drug-likeness (QED) is 0.315. The Morgan fingerprint density at radius 1 is 0.722 bits per heavy atom. The van der Waals surface area contributed by atoms with Crippen molar-refractivity contribution in [3.05, 3.63) is 120 Å². The van der Waals surface area contributed by atoms with Crippen LogP contribution >= 0.6 is 0 Å². The molecule has 0 radical (unpaired) electrons. The summed E-state index contributed by atoms with van der Waals surface area (Å²) in [5.41, 5.74) is 6.13. The van der Waals surface area contributed by atoms with Crippen molar-refractivity contribution >= 4 is 22.1 Å². The van der Waals surface area contributed by atoms with E-state index in [-0.39, 0.29) is 6.61 Å². The molecule has 0 unspecified atom stereocenters. The Morgan fingerprint density at radius 3 is 2.44 bits per heavy atom. The van der Waals surface area contributed by atoms with Gasteiger partial charge in [0, 0.05) is 40.7 Å². The van der Waals surface area contributed by atoms with E-state index < -0.39 is 0 Å². The number of benzene rings is 2. The third-order valence-corrected chi connectivity index (χ3v) is 5.63. The summed E-state index contributed by atoms with van der Waals surface area (Å²) in [4.78, 5) is 22.7. The minimum Gasteiger partial charge on any atom is -0.471 e. The van der Waals surface area contributed by atoms with Gasteiger partial charge in [0.05, 0.1) is 11.2 Å². The molecular weight excluding hydrogens is 446 g/mol. The van der Waals surface area contributed by atoms with Gasteiger partial charge in [-0.3, -0.25) is 4.98 Å². The van der Waals surface area contributed by atoms with Gasteiger partial charge in [0.15, 0.2) is 11.3 Å². The predicted molar refractivity (Wildman–Crippen MR) is 139 cm³/mol. The third-order valence-electron chi connectivity index (χ3n) is 5.63. The fourth-order valence-electron chi connectivity index (χ4n) is 3.89. The van der Waals surface area contributed by atoms with E-state index in [0.717, 1.165) is 33.3 Å². The van der Waals surface area contributed by atoms with Crippen molar-refractivity contribution in [2.75, 3.05) is 0 Å². The van der Waals surface area contributed by atoms with Crippen LogP contribution in [0.25, 0.3) is 33.3 Å². The highest BCUT2D eigenvalue weighted by molar-refractivity contribution is 5.85. The maximum Gasteiger partial charge on any atom is 0.250 e. The summed E-state index contributed by atoms with van der Waals surface area (Å²) >= 11 is 0. The van der Waals surface area contributed by atoms with Gasteiger partial charge >= 0.3 is 0 Å². The van der Waals surface area contributed by atoms with Gasteiger partial charge in [-0.2, -0.15) is 0 Å². The highest BCUT2D eigenvalue weighted by Crippen LogP contribution is 2.26. The van der Waals surface area contributed by atoms with E-state index in [2.05, 4.69) is 31.8 Å². The molecule has 6 aromatic rings. The van der Waals surface area contributed by atoms with Crippen LogP contribution in [0.3, 0.4) is 0 Å². The minimum absolute atomic E-state index is 0.275. The molecule has 2 aromatic carbocycles. The number of hydrogen-bond acceptors (Lipinski definition) is 6. The zero-order valence-corrected chi connectivity index (χ0v) is 19.2. The number of para-hydroxylation sites is 1. The van der Waals surface area contributed by atoms with E-state index in [1.54, 1.807) is 18.6 Å². The molecule has 0 aliphatic carbocycles. The molecule has 0 aliphatic heterocycles. The first kappa shape index (κ1) is 21.4. The van der Waals surface area contributed by atoms with Crippen LogP contribution in [-0.4, -0.2) is 24.9 Å². The van der Waals surface area contributed by atoms with Gasteiger partial charge in [0.2, 0.25) is 5.88 Å². The fourth-order valence-corrected chi connectivity index (χ4v) is 3.89. The lowest BCUT2D eigenvalue weighted by Crippen LogP contribution is -2.04. The summed E-state index contributed by atoms with van der Waals surface area (Å²) in [5.74, 6) is 6.63. The van der Waals surface area contributed by atoms with Crippen molar-refractivity contribution in [3.8, 4) is 29.0 Å². The Morgan fingerprint density at radius 2 is 1.56 bits per heavy atom. The normalized spacial score (nSPS) is 10.7. The molecule has 0 saturated carbocycles. The number of aromatic nitrogens is 5. The molecule has 170 valence electrons. The smallest absolute Gasteiger partial charge is 0.250 e. The van der Waals surface area contributed by atoms with Crippen LogP contribution in [0.2, 0.25) is 0 Å². The lowest BCUT2D eigenvalue weighted by molar-refractivity contribution is 0.294. The second-order valence-corrected chi connectivity index (χ2v) is 8.05. The highest BCUT2D eigenvalue weighted by atomic mass is 16.5. The van der Waals surface area contributed by atoms with Crippen molar-refractivity contribution < 1.29 is 4.74 Å². The molecule has 0 fully saturated rings. The topological polar surface area (TPSA) is 73.7 Å². The van der Waals surface area contributed by atoms with Gasteiger partial charge in [-0.05, 0) is 54.5 Å². The monoisotopic (exact) mass is 465 g/mol. The van der Waals surface area contributed by atoms with Crippen LogP contribution in [-0.2, 0) is 6.61 Å². The van der Waals surface area contributed by atoms with Crippen molar-refractivity contribution in [1.29, 1.82) is 0 Å².